The first-order valence-corrected chi connectivity index (χ1v) is 11.5. The lowest BCUT2D eigenvalue weighted by atomic mass is 9.95. The van der Waals surface area contributed by atoms with Crippen molar-refractivity contribution >= 4 is 32.7 Å². The number of ether oxygens (including phenoxy) is 1. The molecule has 0 aliphatic heterocycles. The lowest BCUT2D eigenvalue weighted by molar-refractivity contribution is 0.408. The van der Waals surface area contributed by atoms with Crippen LogP contribution in [-0.4, -0.2) is 40.9 Å². The van der Waals surface area contributed by atoms with Crippen molar-refractivity contribution in [2.24, 2.45) is 4.99 Å². The molecule has 0 radical (unpaired) electrons. The zero-order valence-electron chi connectivity index (χ0n) is 15.9. The second-order valence-corrected chi connectivity index (χ2v) is 9.37. The van der Waals surface area contributed by atoms with Crippen LogP contribution in [0.5, 0.6) is 5.75 Å². The monoisotopic (exact) mass is 443 g/mol. The highest BCUT2D eigenvalue weighted by Crippen LogP contribution is 2.24. The van der Waals surface area contributed by atoms with Gasteiger partial charge in [0, 0.05) is 44.4 Å². The Balaban J connectivity index is 2.05. The highest BCUT2D eigenvalue weighted by atomic mass is 79.9. The summed E-state index contributed by atoms with van der Waals surface area (Å²) in [7, 11) is 0.961. The van der Waals surface area contributed by atoms with Gasteiger partial charge in [-0.25, -0.2) is 4.99 Å². The molecule has 1 aromatic rings. The number of methoxy groups -OCH3 is 1. The summed E-state index contributed by atoms with van der Waals surface area (Å²) in [6.45, 7) is 5.41. The van der Waals surface area contributed by atoms with Gasteiger partial charge in [0.15, 0.2) is 5.96 Å². The highest BCUT2D eigenvalue weighted by Gasteiger charge is 2.26. The Morgan fingerprint density at radius 3 is 2.88 bits per heavy atom. The molecule has 0 saturated heterocycles. The number of hydrogen-bond acceptors (Lipinski definition) is 3. The van der Waals surface area contributed by atoms with Crippen LogP contribution in [0.3, 0.4) is 0 Å². The van der Waals surface area contributed by atoms with Gasteiger partial charge in [-0.1, -0.05) is 29.3 Å². The fourth-order valence-electron chi connectivity index (χ4n) is 3.30. The zero-order valence-corrected chi connectivity index (χ0v) is 18.3. The molecule has 0 amide bonds. The second kappa shape index (κ2) is 10.9. The van der Waals surface area contributed by atoms with Gasteiger partial charge in [0.2, 0.25) is 0 Å². The molecule has 0 aromatic heterocycles. The van der Waals surface area contributed by atoms with E-state index in [0.717, 1.165) is 59.7 Å². The van der Waals surface area contributed by atoms with Crippen molar-refractivity contribution in [3.05, 3.63) is 28.2 Å². The molecule has 1 aliphatic rings. The molecular weight excluding hydrogens is 414 g/mol. The van der Waals surface area contributed by atoms with E-state index in [1.165, 1.54) is 0 Å². The minimum atomic E-state index is -0.715. The average Bonchev–Trinajstić information content (AvgIpc) is 2.66. The van der Waals surface area contributed by atoms with Crippen LogP contribution in [0.1, 0.15) is 45.1 Å². The summed E-state index contributed by atoms with van der Waals surface area (Å²) in [5, 5.41) is 7.17. The van der Waals surface area contributed by atoms with Gasteiger partial charge in [0.25, 0.3) is 0 Å². The first kappa shape index (κ1) is 21.2. The van der Waals surface area contributed by atoms with Gasteiger partial charge in [0.05, 0.1) is 13.7 Å². The van der Waals surface area contributed by atoms with Crippen molar-refractivity contribution in [3.8, 4) is 5.75 Å². The van der Waals surface area contributed by atoms with Gasteiger partial charge in [-0.15, -0.1) is 0 Å². The van der Waals surface area contributed by atoms with Gasteiger partial charge in [-0.05, 0) is 44.4 Å². The smallest absolute Gasteiger partial charge is 0.191 e. The summed E-state index contributed by atoms with van der Waals surface area (Å²) in [4.78, 5) is 4.74. The summed E-state index contributed by atoms with van der Waals surface area (Å²) < 4.78 is 18.6. The maximum atomic E-state index is 12.2. The van der Waals surface area contributed by atoms with Crippen LogP contribution in [0.4, 0.5) is 0 Å². The molecule has 1 aromatic carbocycles. The van der Waals surface area contributed by atoms with Crippen molar-refractivity contribution < 1.29 is 8.95 Å². The van der Waals surface area contributed by atoms with Crippen molar-refractivity contribution in [2.75, 3.05) is 19.4 Å². The van der Waals surface area contributed by atoms with Gasteiger partial charge in [-0.2, -0.15) is 0 Å². The minimum Gasteiger partial charge on any atom is -0.496 e. The first-order chi connectivity index (χ1) is 12.6. The number of rotatable bonds is 7. The van der Waals surface area contributed by atoms with E-state index in [1.54, 1.807) is 7.11 Å². The SMILES string of the molecule is CCNC(=NCc1cc(Br)ccc1OC)NC1CCCC(S(=O)CC)C1. The summed E-state index contributed by atoms with van der Waals surface area (Å²) in [6.07, 6.45) is 4.24. The molecule has 7 heteroatoms. The first-order valence-electron chi connectivity index (χ1n) is 9.31. The third-order valence-corrected chi connectivity index (χ3v) is 6.85. The van der Waals surface area contributed by atoms with Gasteiger partial charge >= 0.3 is 0 Å². The maximum Gasteiger partial charge on any atom is 0.191 e. The fourth-order valence-corrected chi connectivity index (χ4v) is 5.06. The van der Waals surface area contributed by atoms with Gasteiger partial charge < -0.3 is 15.4 Å². The summed E-state index contributed by atoms with van der Waals surface area (Å²) in [6, 6.07) is 6.27. The molecular formula is C19H30BrN3O2S. The summed E-state index contributed by atoms with van der Waals surface area (Å²) in [5.74, 6) is 2.39. The molecule has 146 valence electrons. The van der Waals surface area contributed by atoms with E-state index in [2.05, 4.69) is 33.5 Å². The average molecular weight is 444 g/mol. The van der Waals surface area contributed by atoms with Gasteiger partial charge in [-0.3, -0.25) is 4.21 Å². The number of hydrogen-bond donors (Lipinski definition) is 2. The maximum absolute atomic E-state index is 12.2. The number of halogens is 1. The normalized spacial score (nSPS) is 21.9. The summed E-state index contributed by atoms with van der Waals surface area (Å²) >= 11 is 3.51. The van der Waals surface area contributed by atoms with E-state index >= 15 is 0 Å². The number of benzene rings is 1. The van der Waals surface area contributed by atoms with Crippen molar-refractivity contribution in [2.45, 2.75) is 57.4 Å². The molecule has 5 nitrogen and oxygen atoms in total. The van der Waals surface area contributed by atoms with E-state index in [-0.39, 0.29) is 0 Å². The number of guanidine groups is 1. The number of aliphatic imine (C=N–C) groups is 1. The van der Waals surface area contributed by atoms with Crippen LogP contribution in [0.25, 0.3) is 0 Å². The largest absolute Gasteiger partial charge is 0.496 e. The van der Waals surface area contributed by atoms with E-state index < -0.39 is 10.8 Å². The third kappa shape index (κ3) is 6.27. The topological polar surface area (TPSA) is 62.7 Å². The predicted octanol–water partition coefficient (Wildman–Crippen LogP) is 3.59. The second-order valence-electron chi connectivity index (χ2n) is 6.45. The van der Waals surface area contributed by atoms with Crippen LogP contribution < -0.4 is 15.4 Å². The third-order valence-electron chi connectivity index (χ3n) is 4.62. The summed E-state index contributed by atoms with van der Waals surface area (Å²) in [5.41, 5.74) is 1.03. The molecule has 2 N–H and O–H groups in total. The molecule has 2 rings (SSSR count). The Morgan fingerprint density at radius 2 is 2.19 bits per heavy atom. The molecule has 1 fully saturated rings. The van der Waals surface area contributed by atoms with Crippen LogP contribution in [-0.2, 0) is 17.3 Å². The Morgan fingerprint density at radius 1 is 1.38 bits per heavy atom. The number of nitrogens with one attached hydrogen (secondary N) is 2. The Bertz CT molecular complexity index is 639. The van der Waals surface area contributed by atoms with E-state index in [4.69, 9.17) is 9.73 Å². The molecule has 0 spiro atoms. The van der Waals surface area contributed by atoms with Crippen LogP contribution in [0, 0.1) is 0 Å². The van der Waals surface area contributed by atoms with Crippen molar-refractivity contribution in [1.82, 2.24) is 10.6 Å². The van der Waals surface area contributed by atoms with Crippen LogP contribution in [0.15, 0.2) is 27.7 Å². The van der Waals surface area contributed by atoms with Crippen LogP contribution >= 0.6 is 15.9 Å². The minimum absolute atomic E-state index is 0.305. The van der Waals surface area contributed by atoms with Gasteiger partial charge in [0.1, 0.15) is 5.75 Å². The highest BCUT2D eigenvalue weighted by molar-refractivity contribution is 9.10. The molecule has 3 unspecified atom stereocenters. The van der Waals surface area contributed by atoms with E-state index in [9.17, 15) is 4.21 Å². The lowest BCUT2D eigenvalue weighted by Crippen LogP contribution is -2.46. The Labute approximate surface area is 168 Å². The standard InChI is InChI=1S/C19H30BrN3O2S/c1-4-21-19(22-13-14-11-15(20)9-10-18(14)25-3)23-16-7-6-8-17(12-16)26(24)5-2/h9-11,16-17H,4-8,12-13H2,1-3H3,(H2,21,22,23). The van der Waals surface area contributed by atoms with Crippen molar-refractivity contribution in [3.63, 3.8) is 0 Å². The molecule has 3 atom stereocenters. The van der Waals surface area contributed by atoms with E-state index in [1.807, 2.05) is 25.1 Å². The van der Waals surface area contributed by atoms with Crippen molar-refractivity contribution in [1.29, 1.82) is 0 Å². The Kier molecular flexibility index (Phi) is 8.91. The molecule has 0 bridgehead atoms. The van der Waals surface area contributed by atoms with Crippen LogP contribution in [0.2, 0.25) is 0 Å². The molecule has 1 aliphatic carbocycles. The predicted molar refractivity (Wildman–Crippen MR) is 113 cm³/mol. The quantitative estimate of drug-likeness (QED) is 0.499. The molecule has 0 heterocycles. The molecule has 26 heavy (non-hydrogen) atoms. The Hall–Kier alpha value is -1.08. The zero-order chi connectivity index (χ0) is 18.9. The molecule has 1 saturated carbocycles. The number of nitrogens with zero attached hydrogens (tertiary/aromatic N) is 1. The lowest BCUT2D eigenvalue weighted by Gasteiger charge is -2.30. The van der Waals surface area contributed by atoms with E-state index in [0.29, 0.717) is 17.8 Å². The fraction of sp³-hybridized carbons (Fsp3) is 0.632.